The number of rotatable bonds is 8. The smallest absolute Gasteiger partial charge is 0.252 e. The quantitative estimate of drug-likeness (QED) is 0.695. The number of aromatic nitrogens is 2. The summed E-state index contributed by atoms with van der Waals surface area (Å²) in [4.78, 5) is 18.3. The summed E-state index contributed by atoms with van der Waals surface area (Å²) in [6.07, 6.45) is 3.03. The number of anilines is 1. The second kappa shape index (κ2) is 7.87. The van der Waals surface area contributed by atoms with E-state index < -0.39 is 0 Å². The second-order valence-corrected chi connectivity index (χ2v) is 4.48. The third-order valence-corrected chi connectivity index (χ3v) is 2.45. The maximum Gasteiger partial charge on any atom is 0.252 e. The van der Waals surface area contributed by atoms with E-state index in [-0.39, 0.29) is 5.56 Å². The molecule has 2 N–H and O–H groups in total. The van der Waals surface area contributed by atoms with E-state index in [9.17, 15) is 4.79 Å². The van der Waals surface area contributed by atoms with Crippen molar-refractivity contribution in [1.29, 1.82) is 0 Å². The molecule has 0 aliphatic heterocycles. The van der Waals surface area contributed by atoms with E-state index in [1.807, 2.05) is 20.8 Å². The van der Waals surface area contributed by atoms with Gasteiger partial charge in [0.05, 0.1) is 6.10 Å². The Kier molecular flexibility index (Phi) is 6.43. The summed E-state index contributed by atoms with van der Waals surface area (Å²) in [5, 5.41) is 3.16. The topological polar surface area (TPSA) is 67.0 Å². The molecular weight excluding hydrogens is 230 g/mol. The lowest BCUT2D eigenvalue weighted by Gasteiger charge is -2.08. The molecule has 1 rings (SSSR count). The largest absolute Gasteiger partial charge is 0.379 e. The van der Waals surface area contributed by atoms with E-state index in [1.165, 1.54) is 6.07 Å². The van der Waals surface area contributed by atoms with Crippen molar-refractivity contribution in [2.75, 3.05) is 18.5 Å². The Labute approximate surface area is 108 Å². The Morgan fingerprint density at radius 2 is 2.22 bits per heavy atom. The molecule has 0 fully saturated rings. The van der Waals surface area contributed by atoms with Crippen LogP contribution in [0.25, 0.3) is 0 Å². The van der Waals surface area contributed by atoms with E-state index >= 15 is 0 Å². The monoisotopic (exact) mass is 253 g/mol. The van der Waals surface area contributed by atoms with E-state index in [0.717, 1.165) is 32.4 Å². The van der Waals surface area contributed by atoms with Crippen LogP contribution in [0, 0.1) is 0 Å². The van der Waals surface area contributed by atoms with Crippen LogP contribution in [0.4, 0.5) is 5.82 Å². The van der Waals surface area contributed by atoms with Gasteiger partial charge >= 0.3 is 0 Å². The van der Waals surface area contributed by atoms with Gasteiger partial charge in [-0.1, -0.05) is 6.92 Å². The van der Waals surface area contributed by atoms with Gasteiger partial charge in [-0.05, 0) is 26.7 Å². The molecule has 0 saturated carbocycles. The van der Waals surface area contributed by atoms with E-state index in [4.69, 9.17) is 4.74 Å². The van der Waals surface area contributed by atoms with Gasteiger partial charge in [-0.15, -0.1) is 0 Å². The molecular formula is C13H23N3O2. The molecule has 18 heavy (non-hydrogen) atoms. The van der Waals surface area contributed by atoms with Gasteiger partial charge in [0.15, 0.2) is 0 Å². The Bertz CT molecular complexity index is 401. The number of ether oxygens (including phenoxy) is 1. The summed E-state index contributed by atoms with van der Waals surface area (Å²) < 4.78 is 5.45. The van der Waals surface area contributed by atoms with Crippen LogP contribution in [0.2, 0.25) is 0 Å². The van der Waals surface area contributed by atoms with Crippen molar-refractivity contribution >= 4 is 5.82 Å². The molecule has 102 valence electrons. The number of hydrogen-bond acceptors (Lipinski definition) is 4. The summed E-state index contributed by atoms with van der Waals surface area (Å²) in [7, 11) is 0. The number of nitrogens with zero attached hydrogens (tertiary/aromatic N) is 1. The first-order valence-corrected chi connectivity index (χ1v) is 6.57. The molecule has 0 spiro atoms. The highest BCUT2D eigenvalue weighted by Crippen LogP contribution is 2.01. The first-order valence-electron chi connectivity index (χ1n) is 6.57. The summed E-state index contributed by atoms with van der Waals surface area (Å²) in [5.41, 5.74) is -0.104. The maximum absolute atomic E-state index is 11.3. The van der Waals surface area contributed by atoms with Crippen LogP contribution in [0.15, 0.2) is 10.9 Å². The molecule has 0 aliphatic carbocycles. The minimum atomic E-state index is -0.104. The molecule has 0 bridgehead atoms. The van der Waals surface area contributed by atoms with Gasteiger partial charge in [0.1, 0.15) is 11.6 Å². The fourth-order valence-electron chi connectivity index (χ4n) is 1.53. The van der Waals surface area contributed by atoms with Crippen molar-refractivity contribution in [3.8, 4) is 0 Å². The molecule has 0 saturated heterocycles. The SMILES string of the molecule is CCc1nc(NCCCCOC(C)C)cc(=O)[nH]1. The molecule has 5 nitrogen and oxygen atoms in total. The van der Waals surface area contributed by atoms with Crippen molar-refractivity contribution in [2.24, 2.45) is 0 Å². The van der Waals surface area contributed by atoms with Gasteiger partial charge in [-0.3, -0.25) is 4.79 Å². The molecule has 1 heterocycles. The zero-order chi connectivity index (χ0) is 13.4. The number of aromatic amines is 1. The lowest BCUT2D eigenvalue weighted by atomic mass is 10.3. The van der Waals surface area contributed by atoms with Crippen LogP contribution in [-0.4, -0.2) is 29.2 Å². The van der Waals surface area contributed by atoms with Crippen molar-refractivity contribution in [3.05, 3.63) is 22.2 Å². The zero-order valence-corrected chi connectivity index (χ0v) is 11.5. The van der Waals surface area contributed by atoms with Crippen molar-refractivity contribution in [3.63, 3.8) is 0 Å². The lowest BCUT2D eigenvalue weighted by Crippen LogP contribution is -2.14. The fourth-order valence-corrected chi connectivity index (χ4v) is 1.53. The Hall–Kier alpha value is -1.36. The average molecular weight is 253 g/mol. The molecule has 0 radical (unpaired) electrons. The lowest BCUT2D eigenvalue weighted by molar-refractivity contribution is 0.0765. The molecule has 0 unspecified atom stereocenters. The van der Waals surface area contributed by atoms with Gasteiger partial charge in [-0.2, -0.15) is 0 Å². The van der Waals surface area contributed by atoms with E-state index in [1.54, 1.807) is 0 Å². The van der Waals surface area contributed by atoms with Crippen LogP contribution >= 0.6 is 0 Å². The summed E-state index contributed by atoms with van der Waals surface area (Å²) >= 11 is 0. The van der Waals surface area contributed by atoms with Crippen LogP contribution in [-0.2, 0) is 11.2 Å². The average Bonchev–Trinajstić information content (AvgIpc) is 2.32. The number of aryl methyl sites for hydroxylation is 1. The van der Waals surface area contributed by atoms with Crippen molar-refractivity contribution in [1.82, 2.24) is 9.97 Å². The molecule has 1 aromatic rings. The fraction of sp³-hybridized carbons (Fsp3) is 0.692. The van der Waals surface area contributed by atoms with Gasteiger partial charge in [0, 0.05) is 25.6 Å². The van der Waals surface area contributed by atoms with E-state index in [0.29, 0.717) is 17.7 Å². The predicted octanol–water partition coefficient (Wildman–Crippen LogP) is 1.95. The summed E-state index contributed by atoms with van der Waals surface area (Å²) in [6.45, 7) is 7.62. The summed E-state index contributed by atoms with van der Waals surface area (Å²) in [6, 6.07) is 1.49. The number of H-pyrrole nitrogens is 1. The Balaban J connectivity index is 2.27. The molecule has 0 amide bonds. The molecule has 0 aromatic carbocycles. The molecule has 1 aromatic heterocycles. The molecule has 0 atom stereocenters. The van der Waals surface area contributed by atoms with Crippen molar-refractivity contribution < 1.29 is 4.74 Å². The first-order chi connectivity index (χ1) is 8.61. The zero-order valence-electron chi connectivity index (χ0n) is 11.5. The normalized spacial score (nSPS) is 10.9. The van der Waals surface area contributed by atoms with E-state index in [2.05, 4.69) is 15.3 Å². The number of nitrogens with one attached hydrogen (secondary N) is 2. The van der Waals surface area contributed by atoms with Crippen LogP contribution in [0.1, 0.15) is 39.4 Å². The molecule has 0 aliphatic rings. The van der Waals surface area contributed by atoms with Crippen LogP contribution in [0.3, 0.4) is 0 Å². The standard InChI is InChI=1S/C13H23N3O2/c1-4-11-15-12(9-13(17)16-11)14-7-5-6-8-18-10(2)3/h9-10H,4-8H2,1-3H3,(H2,14,15,16,17). The number of hydrogen-bond donors (Lipinski definition) is 2. The van der Waals surface area contributed by atoms with Crippen LogP contribution in [0.5, 0.6) is 0 Å². The van der Waals surface area contributed by atoms with Gasteiger partial charge in [-0.25, -0.2) is 4.98 Å². The predicted molar refractivity (Wildman–Crippen MR) is 73.0 cm³/mol. The minimum absolute atomic E-state index is 0.104. The van der Waals surface area contributed by atoms with Crippen molar-refractivity contribution in [2.45, 2.75) is 46.1 Å². The number of unbranched alkanes of at least 4 members (excludes halogenated alkanes) is 1. The maximum atomic E-state index is 11.3. The van der Waals surface area contributed by atoms with Gasteiger partial charge < -0.3 is 15.0 Å². The van der Waals surface area contributed by atoms with Gasteiger partial charge in [0.25, 0.3) is 5.56 Å². The van der Waals surface area contributed by atoms with Crippen LogP contribution < -0.4 is 10.9 Å². The first kappa shape index (κ1) is 14.7. The highest BCUT2D eigenvalue weighted by Gasteiger charge is 1.99. The molecule has 5 heteroatoms. The highest BCUT2D eigenvalue weighted by molar-refractivity contribution is 5.32. The van der Waals surface area contributed by atoms with Gasteiger partial charge in [0.2, 0.25) is 0 Å². The Morgan fingerprint density at radius 1 is 1.44 bits per heavy atom. The highest BCUT2D eigenvalue weighted by atomic mass is 16.5. The third-order valence-electron chi connectivity index (χ3n) is 2.45. The summed E-state index contributed by atoms with van der Waals surface area (Å²) in [5.74, 6) is 1.37. The second-order valence-electron chi connectivity index (χ2n) is 4.48. The minimum Gasteiger partial charge on any atom is -0.379 e. The Morgan fingerprint density at radius 3 is 2.89 bits per heavy atom. The third kappa shape index (κ3) is 5.82.